The average Bonchev–Trinajstić information content (AvgIpc) is 2.93. The lowest BCUT2D eigenvalue weighted by molar-refractivity contribution is -0.385. The van der Waals surface area contributed by atoms with Crippen molar-refractivity contribution in [1.29, 1.82) is 0 Å². The number of halogens is 1. The van der Waals surface area contributed by atoms with Crippen LogP contribution in [0.5, 0.6) is 5.75 Å². The van der Waals surface area contributed by atoms with E-state index in [0.717, 1.165) is 17.3 Å². The number of rotatable bonds is 12. The Morgan fingerprint density at radius 1 is 0.872 bits per heavy atom. The van der Waals surface area contributed by atoms with Crippen LogP contribution >= 0.6 is 15.9 Å². The first-order chi connectivity index (χ1) is 18.7. The molecule has 0 radical (unpaired) electrons. The predicted molar refractivity (Wildman–Crippen MR) is 150 cm³/mol. The summed E-state index contributed by atoms with van der Waals surface area (Å²) in [5, 5.41) is 22.8. The van der Waals surface area contributed by atoms with Gasteiger partial charge in [0.15, 0.2) is 0 Å². The van der Waals surface area contributed by atoms with Gasteiger partial charge in [0.05, 0.1) is 17.0 Å². The van der Waals surface area contributed by atoms with Gasteiger partial charge in [-0.3, -0.25) is 34.7 Å². The number of nitro benzene ring substituents is 2. The number of carbonyl (C=O) groups excluding carboxylic acids is 2. The third-order valence-corrected chi connectivity index (χ3v) is 6.49. The Morgan fingerprint density at radius 2 is 1.49 bits per heavy atom. The number of non-ortho nitro benzene ring substituents is 1. The number of ether oxygens (including phenoxy) is 1. The molecule has 204 valence electrons. The van der Waals surface area contributed by atoms with E-state index in [1.165, 1.54) is 59.4 Å². The van der Waals surface area contributed by atoms with Gasteiger partial charge in [0.1, 0.15) is 17.9 Å². The lowest BCUT2D eigenvalue weighted by Crippen LogP contribution is -2.44. The van der Waals surface area contributed by atoms with Crippen molar-refractivity contribution in [1.82, 2.24) is 0 Å². The van der Waals surface area contributed by atoms with Crippen LogP contribution in [0.1, 0.15) is 36.5 Å². The number of anilines is 2. The minimum absolute atomic E-state index is 0.114. The van der Waals surface area contributed by atoms with Crippen LogP contribution in [0.2, 0.25) is 0 Å². The molecule has 0 aromatic heterocycles. The second-order valence-electron chi connectivity index (χ2n) is 8.53. The van der Waals surface area contributed by atoms with Crippen molar-refractivity contribution >= 4 is 50.5 Å². The Hall–Kier alpha value is -4.32. The zero-order valence-electron chi connectivity index (χ0n) is 21.4. The van der Waals surface area contributed by atoms with Crippen molar-refractivity contribution in [3.63, 3.8) is 0 Å². The fourth-order valence-corrected chi connectivity index (χ4v) is 4.18. The summed E-state index contributed by atoms with van der Waals surface area (Å²) < 4.78 is 5.92. The summed E-state index contributed by atoms with van der Waals surface area (Å²) in [6, 6.07) is 16.1. The highest BCUT2D eigenvalue weighted by Crippen LogP contribution is 2.29. The molecule has 0 unspecified atom stereocenters. The smallest absolute Gasteiger partial charge is 0.282 e. The molecule has 0 heterocycles. The molecule has 0 aliphatic rings. The molecule has 0 aliphatic carbocycles. The largest absolute Gasteiger partial charge is 0.497 e. The molecule has 3 aromatic carbocycles. The molecule has 0 bridgehead atoms. The Kier molecular flexibility index (Phi) is 10.1. The average molecular weight is 599 g/mol. The third-order valence-electron chi connectivity index (χ3n) is 5.97. The van der Waals surface area contributed by atoms with Gasteiger partial charge in [0, 0.05) is 40.6 Å². The van der Waals surface area contributed by atoms with E-state index in [0.29, 0.717) is 24.3 Å². The summed E-state index contributed by atoms with van der Waals surface area (Å²) in [6.45, 7) is 1.91. The second kappa shape index (κ2) is 13.5. The van der Waals surface area contributed by atoms with Crippen molar-refractivity contribution in [2.24, 2.45) is 0 Å². The SMILES string of the molecule is CCCCCN(C(=O)CN(C(=O)c1cc(OC)ccc1[N+](=O)[O-])c1ccc(Br)cc1)c1ccc([N+](=O)[O-])cc1. The molecule has 0 spiro atoms. The van der Waals surface area contributed by atoms with Crippen LogP contribution in [-0.4, -0.2) is 41.9 Å². The van der Waals surface area contributed by atoms with E-state index in [2.05, 4.69) is 15.9 Å². The van der Waals surface area contributed by atoms with Gasteiger partial charge in [-0.15, -0.1) is 0 Å². The molecule has 3 aromatic rings. The van der Waals surface area contributed by atoms with E-state index in [4.69, 9.17) is 4.74 Å². The Bertz CT molecular complexity index is 1350. The highest BCUT2D eigenvalue weighted by atomic mass is 79.9. The third kappa shape index (κ3) is 7.38. The maximum atomic E-state index is 13.8. The Morgan fingerprint density at radius 3 is 2.05 bits per heavy atom. The zero-order chi connectivity index (χ0) is 28.5. The number of amides is 2. The summed E-state index contributed by atoms with van der Waals surface area (Å²) in [4.78, 5) is 51.8. The summed E-state index contributed by atoms with van der Waals surface area (Å²) in [5.41, 5.74) is 0.0216. The van der Waals surface area contributed by atoms with Gasteiger partial charge in [0.25, 0.3) is 17.3 Å². The molecule has 39 heavy (non-hydrogen) atoms. The van der Waals surface area contributed by atoms with Crippen molar-refractivity contribution in [2.75, 3.05) is 30.0 Å². The van der Waals surface area contributed by atoms with Crippen LogP contribution in [0, 0.1) is 20.2 Å². The number of hydrogen-bond donors (Lipinski definition) is 0. The molecule has 0 N–H and O–H groups in total. The molecule has 0 atom stereocenters. The van der Waals surface area contributed by atoms with Gasteiger partial charge in [0.2, 0.25) is 5.91 Å². The molecular formula is C27H27BrN4O7. The monoisotopic (exact) mass is 598 g/mol. The fraction of sp³-hybridized carbons (Fsp3) is 0.259. The van der Waals surface area contributed by atoms with Gasteiger partial charge in [-0.2, -0.15) is 0 Å². The first-order valence-corrected chi connectivity index (χ1v) is 12.9. The highest BCUT2D eigenvalue weighted by Gasteiger charge is 2.30. The summed E-state index contributed by atoms with van der Waals surface area (Å²) in [7, 11) is 1.38. The molecule has 11 nitrogen and oxygen atoms in total. The Balaban J connectivity index is 2.03. The van der Waals surface area contributed by atoms with E-state index >= 15 is 0 Å². The molecule has 0 fully saturated rings. The van der Waals surface area contributed by atoms with Crippen molar-refractivity contribution in [3.8, 4) is 5.75 Å². The zero-order valence-corrected chi connectivity index (χ0v) is 23.0. The molecule has 3 rings (SSSR count). The van der Waals surface area contributed by atoms with Crippen LogP contribution in [0.15, 0.2) is 71.2 Å². The van der Waals surface area contributed by atoms with E-state index in [1.807, 2.05) is 6.92 Å². The van der Waals surface area contributed by atoms with Crippen molar-refractivity contribution in [2.45, 2.75) is 26.2 Å². The number of hydrogen-bond acceptors (Lipinski definition) is 7. The number of carbonyl (C=O) groups is 2. The standard InChI is InChI=1S/C27H27BrN4O7/c1-3-4-5-16-29(20-10-12-22(13-11-20)31(35)36)26(33)18-30(21-8-6-19(28)7-9-21)27(34)24-17-23(39-2)14-15-25(24)32(37)38/h6-15,17H,3-5,16,18H2,1-2H3. The summed E-state index contributed by atoms with van der Waals surface area (Å²) in [5.74, 6) is -0.964. The van der Waals surface area contributed by atoms with Gasteiger partial charge < -0.3 is 9.64 Å². The molecule has 0 saturated carbocycles. The van der Waals surface area contributed by atoms with Crippen molar-refractivity contribution in [3.05, 3.63) is 97.0 Å². The van der Waals surface area contributed by atoms with Gasteiger partial charge in [-0.05, 0) is 55.0 Å². The van der Waals surface area contributed by atoms with Crippen LogP contribution in [-0.2, 0) is 4.79 Å². The minimum atomic E-state index is -0.756. The maximum absolute atomic E-state index is 13.8. The van der Waals surface area contributed by atoms with E-state index < -0.39 is 33.9 Å². The van der Waals surface area contributed by atoms with Crippen LogP contribution in [0.4, 0.5) is 22.7 Å². The van der Waals surface area contributed by atoms with E-state index in [-0.39, 0.29) is 17.0 Å². The van der Waals surface area contributed by atoms with E-state index in [1.54, 1.807) is 24.3 Å². The van der Waals surface area contributed by atoms with Crippen LogP contribution in [0.25, 0.3) is 0 Å². The topological polar surface area (TPSA) is 136 Å². The number of nitrogens with zero attached hydrogens (tertiary/aromatic N) is 4. The molecule has 0 saturated heterocycles. The lowest BCUT2D eigenvalue weighted by atomic mass is 10.1. The quantitative estimate of drug-likeness (QED) is 0.139. The van der Waals surface area contributed by atoms with Crippen LogP contribution in [0.3, 0.4) is 0 Å². The number of benzene rings is 3. The number of unbranched alkanes of at least 4 members (excludes halogenated alkanes) is 2. The number of methoxy groups -OCH3 is 1. The van der Waals surface area contributed by atoms with Gasteiger partial charge in [-0.1, -0.05) is 35.7 Å². The second-order valence-corrected chi connectivity index (χ2v) is 9.45. The van der Waals surface area contributed by atoms with Gasteiger partial charge in [-0.25, -0.2) is 0 Å². The number of nitro groups is 2. The molecule has 12 heteroatoms. The van der Waals surface area contributed by atoms with Crippen LogP contribution < -0.4 is 14.5 Å². The fourth-order valence-electron chi connectivity index (χ4n) is 3.91. The van der Waals surface area contributed by atoms with E-state index in [9.17, 15) is 29.8 Å². The first-order valence-electron chi connectivity index (χ1n) is 12.1. The maximum Gasteiger partial charge on any atom is 0.282 e. The lowest BCUT2D eigenvalue weighted by Gasteiger charge is -2.28. The predicted octanol–water partition coefficient (Wildman–Crippen LogP) is 6.14. The Labute approximate surface area is 233 Å². The van der Waals surface area contributed by atoms with Crippen molar-refractivity contribution < 1.29 is 24.2 Å². The normalized spacial score (nSPS) is 10.5. The molecule has 0 aliphatic heterocycles. The first kappa shape index (κ1) is 29.2. The molecule has 2 amide bonds. The van der Waals surface area contributed by atoms with Gasteiger partial charge >= 0.3 is 0 Å². The summed E-state index contributed by atoms with van der Waals surface area (Å²) >= 11 is 3.35. The molecular weight excluding hydrogens is 572 g/mol. The minimum Gasteiger partial charge on any atom is -0.497 e. The highest BCUT2D eigenvalue weighted by molar-refractivity contribution is 9.10. The summed E-state index contributed by atoms with van der Waals surface area (Å²) in [6.07, 6.45) is 2.43.